The smallest absolute Gasteiger partial charge is 0.160 e. The zero-order valence-corrected chi connectivity index (χ0v) is 17.4. The molecule has 0 amide bonds. The van der Waals surface area contributed by atoms with Gasteiger partial charge in [0.05, 0.1) is 12.2 Å². The summed E-state index contributed by atoms with van der Waals surface area (Å²) in [4.78, 5) is 0. The fourth-order valence-corrected chi connectivity index (χ4v) is 4.66. The van der Waals surface area contributed by atoms with Gasteiger partial charge in [-0.15, -0.1) is 0 Å². The van der Waals surface area contributed by atoms with Gasteiger partial charge >= 0.3 is 0 Å². The van der Waals surface area contributed by atoms with E-state index >= 15 is 0 Å². The summed E-state index contributed by atoms with van der Waals surface area (Å²) < 4.78 is 11.5. The molecule has 0 radical (unpaired) electrons. The van der Waals surface area contributed by atoms with Crippen molar-refractivity contribution in [2.45, 2.75) is 63.0 Å². The van der Waals surface area contributed by atoms with Crippen LogP contribution in [0.4, 0.5) is 0 Å². The topological polar surface area (TPSA) is 58.9 Å². The molecule has 1 fully saturated rings. The Morgan fingerprint density at radius 2 is 1.71 bits per heavy atom. The lowest BCUT2D eigenvalue weighted by molar-refractivity contribution is -0.223. The average molecular weight is 403 g/mol. The Hall–Kier alpha value is -1.53. The van der Waals surface area contributed by atoms with Gasteiger partial charge in [-0.3, -0.25) is 0 Å². The Morgan fingerprint density at radius 3 is 2.39 bits per heavy atom. The van der Waals surface area contributed by atoms with E-state index in [2.05, 4.69) is 24.3 Å². The number of hydrogen-bond acceptors (Lipinski definition) is 5. The van der Waals surface area contributed by atoms with E-state index in [1.165, 1.54) is 5.56 Å². The van der Waals surface area contributed by atoms with Crippen LogP contribution in [0, 0.1) is 0 Å². The third-order valence-corrected chi connectivity index (χ3v) is 6.19. The Bertz CT molecular complexity index is 712. The lowest BCUT2D eigenvalue weighted by Gasteiger charge is -2.28. The van der Waals surface area contributed by atoms with E-state index < -0.39 is 11.9 Å². The number of ether oxygens (including phenoxy) is 2. The minimum Gasteiger partial charge on any atom is -0.489 e. The van der Waals surface area contributed by atoms with Gasteiger partial charge in [-0.05, 0) is 56.4 Å². The summed E-state index contributed by atoms with van der Waals surface area (Å²) in [6.07, 6.45) is 1.79. The molecule has 1 saturated heterocycles. The van der Waals surface area contributed by atoms with Crippen molar-refractivity contribution >= 4 is 11.8 Å². The van der Waals surface area contributed by atoms with E-state index in [-0.39, 0.29) is 6.10 Å². The summed E-state index contributed by atoms with van der Waals surface area (Å²) in [6, 6.07) is 18.4. The highest BCUT2D eigenvalue weighted by molar-refractivity contribution is 7.99. The molecular weight excluding hydrogens is 372 g/mol. The molecule has 0 aromatic heterocycles. The first-order chi connectivity index (χ1) is 13.4. The molecule has 1 aliphatic rings. The third-order valence-electron chi connectivity index (χ3n) is 4.78. The fraction of sp³-hybridized carbons (Fsp3) is 0.478. The van der Waals surface area contributed by atoms with Gasteiger partial charge in [0.15, 0.2) is 5.79 Å². The fourth-order valence-electron chi connectivity index (χ4n) is 3.36. The molecule has 3 rings (SSSR count). The third kappa shape index (κ3) is 6.82. The number of hydrogen-bond donors (Lipinski definition) is 2. The van der Waals surface area contributed by atoms with Gasteiger partial charge in [-0.2, -0.15) is 11.8 Å². The van der Waals surface area contributed by atoms with Crippen molar-refractivity contribution in [2.75, 3.05) is 5.75 Å². The zero-order valence-electron chi connectivity index (χ0n) is 16.6. The monoisotopic (exact) mass is 402 g/mol. The first-order valence-corrected chi connectivity index (χ1v) is 10.9. The molecule has 28 heavy (non-hydrogen) atoms. The van der Waals surface area contributed by atoms with Gasteiger partial charge in [0.25, 0.3) is 0 Å². The maximum Gasteiger partial charge on any atom is 0.160 e. The zero-order chi connectivity index (χ0) is 20.0. The van der Waals surface area contributed by atoms with Crippen molar-refractivity contribution in [3.05, 3.63) is 65.7 Å². The maximum atomic E-state index is 10.3. The molecule has 152 valence electrons. The Labute approximate surface area is 171 Å². The van der Waals surface area contributed by atoms with E-state index in [0.29, 0.717) is 17.6 Å². The van der Waals surface area contributed by atoms with Crippen LogP contribution in [0.3, 0.4) is 0 Å². The minimum absolute atomic E-state index is 0.314. The number of thioether (sulfide) groups is 1. The molecule has 1 aliphatic heterocycles. The first kappa shape index (κ1) is 21.2. The van der Waals surface area contributed by atoms with Crippen LogP contribution in [0.5, 0.6) is 5.75 Å². The van der Waals surface area contributed by atoms with Crippen LogP contribution >= 0.6 is 11.8 Å². The van der Waals surface area contributed by atoms with E-state index in [1.807, 2.05) is 30.3 Å². The van der Waals surface area contributed by atoms with E-state index in [4.69, 9.17) is 9.47 Å². The summed E-state index contributed by atoms with van der Waals surface area (Å²) in [5.41, 5.74) is 2.42. The van der Waals surface area contributed by atoms with Crippen LogP contribution in [-0.2, 0) is 17.8 Å². The minimum atomic E-state index is -1.22. The van der Waals surface area contributed by atoms with Gasteiger partial charge in [-0.25, -0.2) is 0 Å². The van der Waals surface area contributed by atoms with Crippen molar-refractivity contribution in [3.8, 4) is 5.75 Å². The van der Waals surface area contributed by atoms with Crippen molar-refractivity contribution in [1.29, 1.82) is 0 Å². The molecule has 5 heteroatoms. The molecule has 0 aliphatic carbocycles. The predicted molar refractivity (Wildman–Crippen MR) is 114 cm³/mol. The van der Waals surface area contributed by atoms with E-state index in [1.54, 1.807) is 25.6 Å². The normalized spacial score (nSPS) is 23.2. The van der Waals surface area contributed by atoms with Crippen LogP contribution in [0.2, 0.25) is 0 Å². The van der Waals surface area contributed by atoms with Gasteiger partial charge < -0.3 is 19.7 Å². The van der Waals surface area contributed by atoms with Crippen LogP contribution in [0.1, 0.15) is 37.8 Å². The van der Waals surface area contributed by atoms with E-state index in [9.17, 15) is 10.2 Å². The van der Waals surface area contributed by atoms with Gasteiger partial charge in [0.2, 0.25) is 0 Å². The molecule has 3 atom stereocenters. The Balaban J connectivity index is 1.50. The van der Waals surface area contributed by atoms with Crippen LogP contribution in [-0.4, -0.2) is 39.2 Å². The maximum absolute atomic E-state index is 10.3. The summed E-state index contributed by atoms with van der Waals surface area (Å²) in [6.45, 7) is 3.78. The summed E-state index contributed by atoms with van der Waals surface area (Å²) >= 11 is 1.79. The molecule has 1 heterocycles. The van der Waals surface area contributed by atoms with E-state index in [0.717, 1.165) is 30.6 Å². The second-order valence-electron chi connectivity index (χ2n) is 7.83. The van der Waals surface area contributed by atoms with Crippen LogP contribution in [0.25, 0.3) is 0 Å². The quantitative estimate of drug-likeness (QED) is 0.681. The largest absolute Gasteiger partial charge is 0.489 e. The molecular formula is C23H30O4S. The number of aliphatic hydroxyl groups is 2. The van der Waals surface area contributed by atoms with Crippen LogP contribution < -0.4 is 4.74 Å². The average Bonchev–Trinajstić information content (AvgIpc) is 2.83. The molecule has 4 nitrogen and oxygen atoms in total. The highest BCUT2D eigenvalue weighted by Crippen LogP contribution is 2.30. The standard InChI is InChI=1S/C23H30O4S/c1-23(2,25)27-22-13-12-20(28-16-21(22)24)14-17-8-10-19(11-9-17)26-15-18-6-4-3-5-7-18/h3-11,20-22,24-25H,12-16H2,1-2H3/t20-,21?,22?/m0/s1. The van der Waals surface area contributed by atoms with Crippen molar-refractivity contribution in [3.63, 3.8) is 0 Å². The molecule has 2 aromatic rings. The first-order valence-electron chi connectivity index (χ1n) is 9.84. The predicted octanol–water partition coefficient (Wildman–Crippen LogP) is 4.18. The Kier molecular flexibility index (Phi) is 7.41. The Morgan fingerprint density at radius 1 is 1.00 bits per heavy atom. The molecule has 0 bridgehead atoms. The lowest BCUT2D eigenvalue weighted by atomic mass is 10.0. The molecule has 2 unspecified atom stereocenters. The summed E-state index contributed by atoms with van der Waals surface area (Å²) in [5, 5.41) is 20.6. The number of benzene rings is 2. The second kappa shape index (κ2) is 9.79. The molecule has 0 saturated carbocycles. The molecule has 2 N–H and O–H groups in total. The number of aliphatic hydroxyl groups excluding tert-OH is 1. The summed E-state index contributed by atoms with van der Waals surface area (Å²) in [7, 11) is 0. The van der Waals surface area contributed by atoms with Gasteiger partial charge in [0.1, 0.15) is 12.4 Å². The number of rotatable bonds is 7. The SMILES string of the molecule is CC(C)(O)OC1CC[C@@H](Cc2ccc(OCc3ccccc3)cc2)SCC1O. The highest BCUT2D eigenvalue weighted by Gasteiger charge is 2.31. The highest BCUT2D eigenvalue weighted by atomic mass is 32.2. The van der Waals surface area contributed by atoms with Crippen molar-refractivity contribution in [1.82, 2.24) is 0 Å². The van der Waals surface area contributed by atoms with Crippen LogP contribution in [0.15, 0.2) is 54.6 Å². The van der Waals surface area contributed by atoms with Gasteiger partial charge in [-0.1, -0.05) is 42.5 Å². The van der Waals surface area contributed by atoms with Crippen molar-refractivity contribution in [2.24, 2.45) is 0 Å². The molecule has 0 spiro atoms. The van der Waals surface area contributed by atoms with Crippen molar-refractivity contribution < 1.29 is 19.7 Å². The summed E-state index contributed by atoms with van der Waals surface area (Å²) in [5.74, 6) is 0.283. The second-order valence-corrected chi connectivity index (χ2v) is 9.16. The molecule has 2 aromatic carbocycles. The van der Waals surface area contributed by atoms with Gasteiger partial charge in [0, 0.05) is 11.0 Å². The lowest BCUT2D eigenvalue weighted by Crippen LogP contribution is -2.38.